The van der Waals surface area contributed by atoms with Gasteiger partial charge in [-0.25, -0.2) is 9.67 Å². The van der Waals surface area contributed by atoms with Gasteiger partial charge in [-0.05, 0) is 31.7 Å². The molecule has 144 valence electrons. The van der Waals surface area contributed by atoms with E-state index in [-0.39, 0.29) is 11.6 Å². The zero-order chi connectivity index (χ0) is 18.8. The molecule has 0 bridgehead atoms. The van der Waals surface area contributed by atoms with E-state index >= 15 is 0 Å². The van der Waals surface area contributed by atoms with Crippen molar-refractivity contribution in [2.45, 2.75) is 50.8 Å². The fraction of sp³-hybridized carbons (Fsp3) is 0.579. The molecular formula is C19H26N6O2. The van der Waals surface area contributed by atoms with E-state index < -0.39 is 0 Å². The first-order valence-corrected chi connectivity index (χ1v) is 9.56. The van der Waals surface area contributed by atoms with Crippen LogP contribution < -0.4 is 15.8 Å². The highest BCUT2D eigenvalue weighted by Crippen LogP contribution is 2.29. The van der Waals surface area contributed by atoms with Crippen molar-refractivity contribution in [2.24, 2.45) is 0 Å². The second kappa shape index (κ2) is 7.64. The van der Waals surface area contributed by atoms with Crippen LogP contribution in [0.5, 0.6) is 0 Å². The van der Waals surface area contributed by atoms with Crippen molar-refractivity contribution < 1.29 is 4.74 Å². The molecule has 4 rings (SSSR count). The molecule has 1 fully saturated rings. The summed E-state index contributed by atoms with van der Waals surface area (Å²) in [5, 5.41) is 8.09. The Kier molecular flexibility index (Phi) is 5.07. The van der Waals surface area contributed by atoms with Gasteiger partial charge in [-0.3, -0.25) is 4.79 Å². The molecule has 1 saturated carbocycles. The van der Waals surface area contributed by atoms with Crippen molar-refractivity contribution >= 4 is 11.8 Å². The first-order chi connectivity index (χ1) is 13.1. The van der Waals surface area contributed by atoms with Gasteiger partial charge in [0, 0.05) is 44.4 Å². The minimum atomic E-state index is -0.0160. The van der Waals surface area contributed by atoms with Crippen molar-refractivity contribution in [3.05, 3.63) is 39.9 Å². The third kappa shape index (κ3) is 3.95. The van der Waals surface area contributed by atoms with E-state index in [4.69, 9.17) is 4.74 Å². The molecule has 2 aliphatic rings. The van der Waals surface area contributed by atoms with Gasteiger partial charge in [0.25, 0.3) is 5.56 Å². The molecule has 0 saturated heterocycles. The number of hydrogen-bond acceptors (Lipinski definition) is 7. The van der Waals surface area contributed by atoms with Gasteiger partial charge in [-0.15, -0.1) is 0 Å². The van der Waals surface area contributed by atoms with Crippen LogP contribution in [0.1, 0.15) is 43.0 Å². The summed E-state index contributed by atoms with van der Waals surface area (Å²) in [7, 11) is 3.93. The quantitative estimate of drug-likeness (QED) is 0.878. The molecule has 0 amide bonds. The summed E-state index contributed by atoms with van der Waals surface area (Å²) in [6.07, 6.45) is 6.34. The Morgan fingerprint density at radius 2 is 2.07 bits per heavy atom. The highest BCUT2D eigenvalue weighted by atomic mass is 16.5. The molecule has 0 atom stereocenters. The number of nitrogens with zero attached hydrogens (tertiary/aromatic N) is 5. The maximum absolute atomic E-state index is 12.5. The highest BCUT2D eigenvalue weighted by Gasteiger charge is 2.25. The van der Waals surface area contributed by atoms with Gasteiger partial charge < -0.3 is 15.0 Å². The van der Waals surface area contributed by atoms with E-state index in [9.17, 15) is 4.79 Å². The lowest BCUT2D eigenvalue weighted by Gasteiger charge is -2.30. The molecule has 0 aromatic carbocycles. The Bertz CT molecular complexity index is 858. The van der Waals surface area contributed by atoms with Crippen LogP contribution in [0, 0.1) is 0 Å². The Morgan fingerprint density at radius 3 is 2.85 bits per heavy atom. The summed E-state index contributed by atoms with van der Waals surface area (Å²) >= 11 is 0. The zero-order valence-corrected chi connectivity index (χ0v) is 15.9. The Balaban J connectivity index is 1.41. The van der Waals surface area contributed by atoms with Crippen LogP contribution in [0.2, 0.25) is 0 Å². The topological polar surface area (TPSA) is 85.2 Å². The fourth-order valence-corrected chi connectivity index (χ4v) is 3.81. The van der Waals surface area contributed by atoms with E-state index in [0.717, 1.165) is 49.2 Å². The summed E-state index contributed by atoms with van der Waals surface area (Å²) in [5.74, 6) is 1.55. The minimum absolute atomic E-state index is 0.0160. The molecule has 2 aromatic rings. The van der Waals surface area contributed by atoms with Crippen LogP contribution in [0.15, 0.2) is 23.1 Å². The Hall–Kier alpha value is -2.48. The molecule has 27 heavy (non-hydrogen) atoms. The lowest BCUT2D eigenvalue weighted by Crippen LogP contribution is -2.35. The maximum atomic E-state index is 12.5. The van der Waals surface area contributed by atoms with Gasteiger partial charge in [0.05, 0.1) is 24.9 Å². The Morgan fingerprint density at radius 1 is 1.26 bits per heavy atom. The molecule has 1 N–H and O–H groups in total. The van der Waals surface area contributed by atoms with Crippen LogP contribution in [0.3, 0.4) is 0 Å². The second-order valence-corrected chi connectivity index (χ2v) is 7.48. The number of rotatable bonds is 4. The number of nitrogens with one attached hydrogen (secondary N) is 1. The fourth-order valence-electron chi connectivity index (χ4n) is 3.81. The lowest BCUT2D eigenvalue weighted by molar-refractivity contribution is 0.107. The van der Waals surface area contributed by atoms with Crippen molar-refractivity contribution in [1.82, 2.24) is 19.7 Å². The zero-order valence-electron chi connectivity index (χ0n) is 15.9. The van der Waals surface area contributed by atoms with Gasteiger partial charge >= 0.3 is 0 Å². The monoisotopic (exact) mass is 370 g/mol. The molecule has 1 aliphatic carbocycles. The maximum Gasteiger partial charge on any atom is 0.267 e. The van der Waals surface area contributed by atoms with E-state index in [0.29, 0.717) is 25.2 Å². The first-order valence-electron chi connectivity index (χ1n) is 9.56. The third-order valence-corrected chi connectivity index (χ3v) is 5.34. The molecule has 1 aliphatic heterocycles. The smallest absolute Gasteiger partial charge is 0.267 e. The number of ether oxygens (including phenoxy) is 1. The van der Waals surface area contributed by atoms with Gasteiger partial charge in [-0.2, -0.15) is 10.1 Å². The van der Waals surface area contributed by atoms with Crippen molar-refractivity contribution in [1.29, 1.82) is 0 Å². The predicted octanol–water partition coefficient (Wildman–Crippen LogP) is 1.77. The summed E-state index contributed by atoms with van der Waals surface area (Å²) in [5.41, 5.74) is 1.93. The second-order valence-electron chi connectivity index (χ2n) is 7.48. The van der Waals surface area contributed by atoms with Crippen molar-refractivity contribution in [2.75, 3.05) is 30.9 Å². The van der Waals surface area contributed by atoms with Crippen LogP contribution >= 0.6 is 0 Å². The molecular weight excluding hydrogens is 344 g/mol. The predicted molar refractivity (Wildman–Crippen MR) is 103 cm³/mol. The largest absolute Gasteiger partial charge is 0.376 e. The van der Waals surface area contributed by atoms with Gasteiger partial charge in [0.2, 0.25) is 5.95 Å². The molecule has 8 nitrogen and oxygen atoms in total. The van der Waals surface area contributed by atoms with Gasteiger partial charge in [0.1, 0.15) is 5.82 Å². The van der Waals surface area contributed by atoms with E-state index in [1.54, 1.807) is 16.9 Å². The number of fused-ring (bicyclic) bond motifs is 1. The average molecular weight is 370 g/mol. The average Bonchev–Trinajstić information content (AvgIpc) is 2.68. The summed E-state index contributed by atoms with van der Waals surface area (Å²) < 4.78 is 7.12. The molecule has 3 heterocycles. The van der Waals surface area contributed by atoms with E-state index in [1.165, 1.54) is 0 Å². The summed E-state index contributed by atoms with van der Waals surface area (Å²) in [6, 6.07) is 4.08. The molecule has 2 aromatic heterocycles. The van der Waals surface area contributed by atoms with E-state index in [1.807, 2.05) is 25.1 Å². The SMILES string of the molecule is CN(C)c1ccnc(NC2CCC(n3nc4c(cc3=O)COCC4)CC2)n1. The summed E-state index contributed by atoms with van der Waals surface area (Å²) in [4.78, 5) is 23.3. The summed E-state index contributed by atoms with van der Waals surface area (Å²) in [6.45, 7) is 1.18. The molecule has 8 heteroatoms. The molecule has 0 unspecified atom stereocenters. The number of anilines is 2. The standard InChI is InChI=1S/C19H26N6O2/c1-24(2)17-7-9-20-19(22-17)21-14-3-5-15(6-4-14)25-18(26)11-13-12-27-10-8-16(13)23-25/h7,9,11,14-15H,3-6,8,10,12H2,1-2H3,(H,20,21,22). The lowest BCUT2D eigenvalue weighted by atomic mass is 9.91. The van der Waals surface area contributed by atoms with Crippen LogP contribution in [0.25, 0.3) is 0 Å². The number of aromatic nitrogens is 4. The molecule has 0 radical (unpaired) electrons. The third-order valence-electron chi connectivity index (χ3n) is 5.34. The van der Waals surface area contributed by atoms with Crippen LogP contribution in [-0.2, 0) is 17.8 Å². The number of hydrogen-bond donors (Lipinski definition) is 1. The first kappa shape index (κ1) is 17.9. The minimum Gasteiger partial charge on any atom is -0.376 e. The molecule has 0 spiro atoms. The highest BCUT2D eigenvalue weighted by molar-refractivity contribution is 5.41. The van der Waals surface area contributed by atoms with Crippen molar-refractivity contribution in [3.8, 4) is 0 Å². The Labute approximate surface area is 158 Å². The van der Waals surface area contributed by atoms with Crippen LogP contribution in [0.4, 0.5) is 11.8 Å². The van der Waals surface area contributed by atoms with Gasteiger partial charge in [-0.1, -0.05) is 0 Å². The van der Waals surface area contributed by atoms with Crippen LogP contribution in [-0.4, -0.2) is 46.5 Å². The van der Waals surface area contributed by atoms with Gasteiger partial charge in [0.15, 0.2) is 0 Å². The van der Waals surface area contributed by atoms with E-state index in [2.05, 4.69) is 20.4 Å². The van der Waals surface area contributed by atoms with Crippen molar-refractivity contribution in [3.63, 3.8) is 0 Å². The normalized spacial score (nSPS) is 22.1.